The third-order valence-electron chi connectivity index (χ3n) is 5.30. The maximum absolute atomic E-state index is 13.1. The van der Waals surface area contributed by atoms with Crippen molar-refractivity contribution in [1.82, 2.24) is 9.38 Å². The fraction of sp³-hybridized carbons (Fsp3) is 0.0741. The van der Waals surface area contributed by atoms with E-state index in [1.165, 1.54) is 23.3 Å². The van der Waals surface area contributed by atoms with Crippen molar-refractivity contribution in [2.24, 2.45) is 0 Å². The molecule has 0 radical (unpaired) electrons. The zero-order chi connectivity index (χ0) is 22.1. The van der Waals surface area contributed by atoms with Gasteiger partial charge in [0.2, 0.25) is 0 Å². The summed E-state index contributed by atoms with van der Waals surface area (Å²) in [6.45, 7) is 2.60. The van der Waals surface area contributed by atoms with E-state index in [1.54, 1.807) is 23.5 Å². The smallest absolute Gasteiger partial charge is 0.139 e. The van der Waals surface area contributed by atoms with Crippen molar-refractivity contribution in [3.05, 3.63) is 101 Å². The van der Waals surface area contributed by atoms with Crippen LogP contribution in [-0.4, -0.2) is 9.38 Å². The fourth-order valence-corrected chi connectivity index (χ4v) is 4.39. The summed E-state index contributed by atoms with van der Waals surface area (Å²) in [5.74, 6) is 3.37. The topological polar surface area (TPSA) is 29.3 Å². The van der Waals surface area contributed by atoms with Gasteiger partial charge in [0.15, 0.2) is 0 Å². The van der Waals surface area contributed by atoms with E-state index < -0.39 is 0 Å². The summed E-state index contributed by atoms with van der Waals surface area (Å²) in [4.78, 5) is 5.77. The largest absolute Gasteiger partial charge is 0.365 e. The van der Waals surface area contributed by atoms with Gasteiger partial charge >= 0.3 is 0 Å². The van der Waals surface area contributed by atoms with Crippen LogP contribution in [0.2, 0.25) is 0 Å². The molecule has 156 valence electrons. The second-order valence-corrected chi connectivity index (χ2v) is 8.53. The Bertz CT molecular complexity index is 1440. The van der Waals surface area contributed by atoms with Gasteiger partial charge in [0.05, 0.1) is 4.88 Å². The normalized spacial score (nSPS) is 10.9. The van der Waals surface area contributed by atoms with Crippen LogP contribution in [0.15, 0.2) is 78.3 Å². The number of pyridine rings is 1. The van der Waals surface area contributed by atoms with Gasteiger partial charge in [0.25, 0.3) is 0 Å². The molecule has 0 fully saturated rings. The maximum Gasteiger partial charge on any atom is 0.139 e. The molecule has 6 rings (SSSR count). The number of rotatable bonds is 4. The first-order valence-electron chi connectivity index (χ1n) is 10.2. The van der Waals surface area contributed by atoms with Crippen molar-refractivity contribution < 1.29 is 4.39 Å². The van der Waals surface area contributed by atoms with E-state index in [0.717, 1.165) is 38.7 Å². The standard InChI is InChI=1S/C21H16FN3S.C6H4/c1-3-16-9-11-26-20(16)19-21(23-13-15-4-6-17(22)7-5-15)25-10-8-14(2)12-18(25)24-19;1-2-5-4-6(5)3-1/h1,4-12,23H,13H2,2H3;1-4H. The van der Waals surface area contributed by atoms with Crippen LogP contribution in [0.25, 0.3) is 27.3 Å². The molecule has 5 heteroatoms. The molecule has 3 aromatic heterocycles. The quantitative estimate of drug-likeness (QED) is 0.308. The molecule has 2 aliphatic carbocycles. The van der Waals surface area contributed by atoms with Crippen molar-refractivity contribution in [2.75, 3.05) is 5.32 Å². The summed E-state index contributed by atoms with van der Waals surface area (Å²) in [5.41, 5.74) is 7.51. The molecule has 0 bridgehead atoms. The molecular formula is C27H20FN3S. The number of terminal acetylenes is 1. The second kappa shape index (κ2) is 8.33. The minimum Gasteiger partial charge on any atom is -0.365 e. The van der Waals surface area contributed by atoms with E-state index in [-0.39, 0.29) is 5.82 Å². The maximum atomic E-state index is 13.1. The van der Waals surface area contributed by atoms with E-state index in [1.807, 2.05) is 41.1 Å². The van der Waals surface area contributed by atoms with Gasteiger partial charge in [0, 0.05) is 18.3 Å². The summed E-state index contributed by atoms with van der Waals surface area (Å²) in [7, 11) is 0. The third kappa shape index (κ3) is 4.01. The number of nitrogens with one attached hydrogen (secondary N) is 1. The third-order valence-corrected chi connectivity index (χ3v) is 6.22. The van der Waals surface area contributed by atoms with Gasteiger partial charge in [-0.05, 0) is 71.0 Å². The molecule has 4 aromatic rings. The monoisotopic (exact) mass is 437 g/mol. The molecule has 0 aliphatic heterocycles. The van der Waals surface area contributed by atoms with Gasteiger partial charge in [-0.15, -0.1) is 17.8 Å². The number of anilines is 1. The number of imidazole rings is 1. The second-order valence-electron chi connectivity index (χ2n) is 7.61. The Balaban J connectivity index is 0.000000306. The molecule has 32 heavy (non-hydrogen) atoms. The molecule has 0 unspecified atom stereocenters. The van der Waals surface area contributed by atoms with Crippen LogP contribution in [0.1, 0.15) is 16.7 Å². The molecule has 0 spiro atoms. The van der Waals surface area contributed by atoms with E-state index in [4.69, 9.17) is 11.4 Å². The number of thiophene rings is 1. The number of benzene rings is 2. The highest BCUT2D eigenvalue weighted by atomic mass is 32.1. The summed E-state index contributed by atoms with van der Waals surface area (Å²) < 4.78 is 15.1. The van der Waals surface area contributed by atoms with Crippen molar-refractivity contribution in [3.8, 4) is 34.0 Å². The molecule has 3 heterocycles. The average molecular weight is 438 g/mol. The highest BCUT2D eigenvalue weighted by Gasteiger charge is 2.17. The highest BCUT2D eigenvalue weighted by molar-refractivity contribution is 7.13. The van der Waals surface area contributed by atoms with Crippen LogP contribution in [0.3, 0.4) is 0 Å². The molecular weight excluding hydrogens is 417 g/mol. The lowest BCUT2D eigenvalue weighted by molar-refractivity contribution is 0.627. The van der Waals surface area contributed by atoms with Gasteiger partial charge < -0.3 is 5.32 Å². The first kappa shape index (κ1) is 20.0. The number of hydrogen-bond donors (Lipinski definition) is 1. The first-order chi connectivity index (χ1) is 15.6. The summed E-state index contributed by atoms with van der Waals surface area (Å²) in [6.07, 6.45) is 7.64. The van der Waals surface area contributed by atoms with Crippen molar-refractivity contribution in [2.45, 2.75) is 13.5 Å². The fourth-order valence-electron chi connectivity index (χ4n) is 3.54. The number of aryl methyl sites for hydroxylation is 1. The average Bonchev–Trinajstić information content (AvgIpc) is 3.17. The number of fused-ring (bicyclic) bond motifs is 2. The Morgan fingerprint density at radius 3 is 2.50 bits per heavy atom. The van der Waals surface area contributed by atoms with E-state index in [9.17, 15) is 4.39 Å². The van der Waals surface area contributed by atoms with E-state index in [0.29, 0.717) is 6.54 Å². The van der Waals surface area contributed by atoms with Crippen LogP contribution in [0, 0.1) is 25.1 Å². The minimum atomic E-state index is -0.239. The van der Waals surface area contributed by atoms with Crippen LogP contribution >= 0.6 is 11.3 Å². The Kier molecular flexibility index (Phi) is 5.22. The van der Waals surface area contributed by atoms with Crippen LogP contribution < -0.4 is 5.32 Å². The molecule has 1 aromatic carbocycles. The predicted octanol–water partition coefficient (Wildman–Crippen LogP) is 6.77. The lowest BCUT2D eigenvalue weighted by Crippen LogP contribution is -2.03. The zero-order valence-corrected chi connectivity index (χ0v) is 18.3. The van der Waals surface area contributed by atoms with Crippen LogP contribution in [0.5, 0.6) is 0 Å². The molecule has 0 atom stereocenters. The molecule has 1 N–H and O–H groups in total. The summed E-state index contributed by atoms with van der Waals surface area (Å²) >= 11 is 1.58. The zero-order valence-electron chi connectivity index (χ0n) is 17.5. The van der Waals surface area contributed by atoms with Gasteiger partial charge in [-0.1, -0.05) is 36.3 Å². The molecule has 0 saturated heterocycles. The lowest BCUT2D eigenvalue weighted by atomic mass is 10.2. The summed E-state index contributed by atoms with van der Waals surface area (Å²) in [6, 6.07) is 21.0. The predicted molar refractivity (Wildman–Crippen MR) is 130 cm³/mol. The molecule has 2 aliphatic rings. The van der Waals surface area contributed by atoms with Crippen LogP contribution in [-0.2, 0) is 6.54 Å². The Hall–Kier alpha value is -3.88. The Labute approximate surface area is 190 Å². The van der Waals surface area contributed by atoms with Crippen LogP contribution in [0.4, 0.5) is 10.2 Å². The van der Waals surface area contributed by atoms with Gasteiger partial charge in [0.1, 0.15) is 23.0 Å². The Morgan fingerprint density at radius 2 is 1.84 bits per heavy atom. The van der Waals surface area contributed by atoms with Crippen molar-refractivity contribution >= 4 is 22.8 Å². The van der Waals surface area contributed by atoms with Gasteiger partial charge in [-0.3, -0.25) is 4.40 Å². The minimum absolute atomic E-state index is 0.239. The first-order valence-corrected chi connectivity index (χ1v) is 11.1. The van der Waals surface area contributed by atoms with Gasteiger partial charge in [-0.2, -0.15) is 0 Å². The molecule has 3 nitrogen and oxygen atoms in total. The van der Waals surface area contributed by atoms with Crippen molar-refractivity contribution in [3.63, 3.8) is 0 Å². The molecule has 0 saturated carbocycles. The molecule has 0 amide bonds. The number of nitrogens with zero attached hydrogens (tertiary/aromatic N) is 2. The number of halogens is 1. The SMILES string of the molecule is C#Cc1ccsc1-c1nc2cc(C)ccn2c1NCc1ccc(F)cc1.c1cc2cc-2c1. The van der Waals surface area contributed by atoms with Gasteiger partial charge in [-0.25, -0.2) is 9.37 Å². The number of hydrogen-bond acceptors (Lipinski definition) is 3. The summed E-state index contributed by atoms with van der Waals surface area (Å²) in [5, 5.41) is 5.42. The number of aromatic nitrogens is 2. The van der Waals surface area contributed by atoms with E-state index >= 15 is 0 Å². The Morgan fingerprint density at radius 1 is 1.06 bits per heavy atom. The van der Waals surface area contributed by atoms with E-state index in [2.05, 4.69) is 35.5 Å². The van der Waals surface area contributed by atoms with Crippen molar-refractivity contribution in [1.29, 1.82) is 0 Å². The highest BCUT2D eigenvalue weighted by Crippen LogP contribution is 2.35. The lowest BCUT2D eigenvalue weighted by Gasteiger charge is -2.09.